The monoisotopic (exact) mass is 387 g/mol. The van der Waals surface area contributed by atoms with E-state index in [0.29, 0.717) is 12.4 Å². The molecule has 0 spiro atoms. The maximum Gasteiger partial charge on any atom is 0.271 e. The normalized spacial score (nSPS) is 10.7. The van der Waals surface area contributed by atoms with Crippen molar-refractivity contribution in [3.63, 3.8) is 0 Å². The van der Waals surface area contributed by atoms with Gasteiger partial charge in [-0.25, -0.2) is 9.97 Å². The minimum Gasteiger partial charge on any atom is -0.497 e. The summed E-state index contributed by atoms with van der Waals surface area (Å²) in [5.74, 6) is 1.05. The number of carbonyl (C=O) groups excluding carboxylic acids is 1. The zero-order valence-corrected chi connectivity index (χ0v) is 16.0. The van der Waals surface area contributed by atoms with E-state index < -0.39 is 0 Å². The molecule has 4 rings (SSSR count). The SMILES string of the molecule is COc1cccc(Nc2cnc(C(=O)NCCc3c[nH]c4ccccc34)cn2)c1. The molecule has 0 unspecified atom stereocenters. The van der Waals surface area contributed by atoms with Crippen LogP contribution in [0, 0.1) is 0 Å². The Morgan fingerprint density at radius 2 is 2.00 bits per heavy atom. The van der Waals surface area contributed by atoms with Gasteiger partial charge in [-0.1, -0.05) is 24.3 Å². The van der Waals surface area contributed by atoms with Crippen LogP contribution < -0.4 is 15.4 Å². The molecule has 0 fully saturated rings. The van der Waals surface area contributed by atoms with E-state index in [2.05, 4.69) is 31.7 Å². The number of amides is 1. The molecule has 146 valence electrons. The zero-order valence-electron chi connectivity index (χ0n) is 16.0. The second-order valence-corrected chi connectivity index (χ2v) is 6.51. The Kier molecular flexibility index (Phi) is 5.38. The lowest BCUT2D eigenvalue weighted by molar-refractivity contribution is 0.0949. The molecular weight excluding hydrogens is 366 g/mol. The van der Waals surface area contributed by atoms with Gasteiger partial charge in [-0.3, -0.25) is 4.79 Å². The highest BCUT2D eigenvalue weighted by Crippen LogP contribution is 2.20. The molecule has 7 heteroatoms. The van der Waals surface area contributed by atoms with Gasteiger partial charge in [-0.05, 0) is 30.2 Å². The summed E-state index contributed by atoms with van der Waals surface area (Å²) in [6.45, 7) is 0.520. The summed E-state index contributed by atoms with van der Waals surface area (Å²) >= 11 is 0. The van der Waals surface area contributed by atoms with Crippen molar-refractivity contribution in [1.29, 1.82) is 0 Å². The first kappa shape index (κ1) is 18.5. The number of carbonyl (C=O) groups is 1. The molecule has 2 aromatic carbocycles. The van der Waals surface area contributed by atoms with E-state index in [1.54, 1.807) is 7.11 Å². The molecular formula is C22H21N5O2. The van der Waals surface area contributed by atoms with Gasteiger partial charge < -0.3 is 20.4 Å². The molecule has 3 N–H and O–H groups in total. The maximum absolute atomic E-state index is 12.3. The Labute approximate surface area is 168 Å². The molecule has 0 aliphatic rings. The molecule has 0 saturated carbocycles. The molecule has 2 heterocycles. The lowest BCUT2D eigenvalue weighted by atomic mass is 10.1. The van der Waals surface area contributed by atoms with Crippen molar-refractivity contribution in [3.8, 4) is 5.75 Å². The summed E-state index contributed by atoms with van der Waals surface area (Å²) in [6, 6.07) is 15.6. The van der Waals surface area contributed by atoms with Gasteiger partial charge in [0.1, 0.15) is 17.3 Å². The number of anilines is 2. The van der Waals surface area contributed by atoms with Crippen LogP contribution in [0.1, 0.15) is 16.1 Å². The molecule has 0 radical (unpaired) electrons. The summed E-state index contributed by atoms with van der Waals surface area (Å²) in [6.07, 6.45) is 5.71. The topological polar surface area (TPSA) is 91.9 Å². The second-order valence-electron chi connectivity index (χ2n) is 6.51. The van der Waals surface area contributed by atoms with E-state index in [1.807, 2.05) is 48.7 Å². The number of hydrogen-bond acceptors (Lipinski definition) is 5. The number of ether oxygens (including phenoxy) is 1. The van der Waals surface area contributed by atoms with E-state index in [4.69, 9.17) is 4.74 Å². The number of para-hydroxylation sites is 1. The van der Waals surface area contributed by atoms with Crippen LogP contribution in [0.3, 0.4) is 0 Å². The predicted octanol–water partition coefficient (Wildman–Crippen LogP) is 3.68. The van der Waals surface area contributed by atoms with E-state index in [0.717, 1.165) is 23.4 Å². The molecule has 2 aromatic heterocycles. The fraction of sp³-hybridized carbons (Fsp3) is 0.136. The van der Waals surface area contributed by atoms with Crippen molar-refractivity contribution in [1.82, 2.24) is 20.3 Å². The smallest absolute Gasteiger partial charge is 0.271 e. The van der Waals surface area contributed by atoms with Gasteiger partial charge in [-0.2, -0.15) is 0 Å². The summed E-state index contributed by atoms with van der Waals surface area (Å²) in [5.41, 5.74) is 3.37. The molecule has 0 saturated heterocycles. The highest BCUT2D eigenvalue weighted by molar-refractivity contribution is 5.92. The minimum absolute atomic E-state index is 0.245. The zero-order chi connectivity index (χ0) is 20.1. The van der Waals surface area contributed by atoms with Crippen LogP contribution in [0.5, 0.6) is 5.75 Å². The number of aromatic nitrogens is 3. The van der Waals surface area contributed by atoms with Crippen LogP contribution in [0.25, 0.3) is 10.9 Å². The molecule has 1 amide bonds. The first-order chi connectivity index (χ1) is 14.2. The van der Waals surface area contributed by atoms with Crippen molar-refractivity contribution in [2.24, 2.45) is 0 Å². The molecule has 0 atom stereocenters. The van der Waals surface area contributed by atoms with Crippen molar-refractivity contribution < 1.29 is 9.53 Å². The average Bonchev–Trinajstić information content (AvgIpc) is 3.17. The van der Waals surface area contributed by atoms with Crippen molar-refractivity contribution >= 4 is 28.3 Å². The Morgan fingerprint density at radius 3 is 2.83 bits per heavy atom. The van der Waals surface area contributed by atoms with Crippen molar-refractivity contribution in [2.45, 2.75) is 6.42 Å². The molecule has 4 aromatic rings. The van der Waals surface area contributed by atoms with Crippen LogP contribution in [0.2, 0.25) is 0 Å². The average molecular weight is 387 g/mol. The summed E-state index contributed by atoms with van der Waals surface area (Å²) in [7, 11) is 1.62. The Balaban J connectivity index is 1.33. The highest BCUT2D eigenvalue weighted by Gasteiger charge is 2.09. The Hall–Kier alpha value is -3.87. The molecule has 0 aliphatic carbocycles. The first-order valence-electron chi connectivity index (χ1n) is 9.29. The number of aromatic amines is 1. The van der Waals surface area contributed by atoms with Crippen LogP contribution in [-0.4, -0.2) is 34.5 Å². The number of nitrogens with one attached hydrogen (secondary N) is 3. The van der Waals surface area contributed by atoms with E-state index >= 15 is 0 Å². The second kappa shape index (κ2) is 8.43. The van der Waals surface area contributed by atoms with Crippen molar-refractivity contribution in [3.05, 3.63) is 78.4 Å². The standard InChI is InChI=1S/C22H21N5O2/c1-29-17-6-4-5-16(11-17)27-21-14-25-20(13-26-21)22(28)23-10-9-15-12-24-19-8-3-2-7-18(15)19/h2-8,11-14,24H,9-10H2,1H3,(H,23,28)(H,26,27). The number of H-pyrrole nitrogens is 1. The van der Waals surface area contributed by atoms with Crippen LogP contribution in [0.4, 0.5) is 11.5 Å². The summed E-state index contributed by atoms with van der Waals surface area (Å²) < 4.78 is 5.20. The fourth-order valence-electron chi connectivity index (χ4n) is 3.10. The predicted molar refractivity (Wildman–Crippen MR) is 113 cm³/mol. The lowest BCUT2D eigenvalue weighted by Gasteiger charge is -2.08. The summed E-state index contributed by atoms with van der Waals surface area (Å²) in [5, 5.41) is 7.20. The van der Waals surface area contributed by atoms with E-state index in [-0.39, 0.29) is 11.6 Å². The third-order valence-electron chi connectivity index (χ3n) is 4.58. The third kappa shape index (κ3) is 4.35. The number of rotatable bonds is 7. The van der Waals surface area contributed by atoms with Crippen LogP contribution in [-0.2, 0) is 6.42 Å². The van der Waals surface area contributed by atoms with Gasteiger partial charge in [0.15, 0.2) is 0 Å². The van der Waals surface area contributed by atoms with Gasteiger partial charge in [-0.15, -0.1) is 0 Å². The van der Waals surface area contributed by atoms with E-state index in [9.17, 15) is 4.79 Å². The fourth-order valence-corrected chi connectivity index (χ4v) is 3.10. The third-order valence-corrected chi connectivity index (χ3v) is 4.58. The number of benzene rings is 2. The summed E-state index contributed by atoms with van der Waals surface area (Å²) in [4.78, 5) is 24.1. The Bertz CT molecular complexity index is 1120. The largest absolute Gasteiger partial charge is 0.497 e. The molecule has 7 nitrogen and oxygen atoms in total. The van der Waals surface area contributed by atoms with Gasteiger partial charge in [0, 0.05) is 35.4 Å². The number of methoxy groups -OCH3 is 1. The number of nitrogens with zero attached hydrogens (tertiary/aromatic N) is 2. The van der Waals surface area contributed by atoms with E-state index in [1.165, 1.54) is 23.3 Å². The van der Waals surface area contributed by atoms with Crippen LogP contribution >= 0.6 is 0 Å². The van der Waals surface area contributed by atoms with Gasteiger partial charge >= 0.3 is 0 Å². The quantitative estimate of drug-likeness (QED) is 0.450. The van der Waals surface area contributed by atoms with Gasteiger partial charge in [0.2, 0.25) is 0 Å². The Morgan fingerprint density at radius 1 is 1.10 bits per heavy atom. The number of fused-ring (bicyclic) bond motifs is 1. The minimum atomic E-state index is -0.245. The number of hydrogen-bond donors (Lipinski definition) is 3. The van der Waals surface area contributed by atoms with Crippen molar-refractivity contribution in [2.75, 3.05) is 19.0 Å². The molecule has 0 bridgehead atoms. The first-order valence-corrected chi connectivity index (χ1v) is 9.29. The van der Waals surface area contributed by atoms with Gasteiger partial charge in [0.05, 0.1) is 19.5 Å². The highest BCUT2D eigenvalue weighted by atomic mass is 16.5. The van der Waals surface area contributed by atoms with Crippen LogP contribution in [0.15, 0.2) is 67.1 Å². The molecule has 0 aliphatic heterocycles. The molecule has 29 heavy (non-hydrogen) atoms. The van der Waals surface area contributed by atoms with Gasteiger partial charge in [0.25, 0.3) is 5.91 Å². The maximum atomic E-state index is 12.3. The lowest BCUT2D eigenvalue weighted by Crippen LogP contribution is -2.26.